The summed E-state index contributed by atoms with van der Waals surface area (Å²) in [6.07, 6.45) is 4.72. The molecular formula is C9H9N5O2. The van der Waals surface area contributed by atoms with E-state index in [-0.39, 0.29) is 6.42 Å². The normalized spacial score (nSPS) is 10.2. The van der Waals surface area contributed by atoms with E-state index in [4.69, 9.17) is 5.11 Å². The summed E-state index contributed by atoms with van der Waals surface area (Å²) in [7, 11) is 0. The van der Waals surface area contributed by atoms with Crippen molar-refractivity contribution in [2.45, 2.75) is 13.0 Å². The molecule has 0 saturated carbocycles. The van der Waals surface area contributed by atoms with Crippen LogP contribution in [-0.2, 0) is 17.8 Å². The number of nitrogens with zero attached hydrogens (tertiary/aromatic N) is 5. The van der Waals surface area contributed by atoms with Gasteiger partial charge >= 0.3 is 5.97 Å². The molecule has 2 aromatic heterocycles. The van der Waals surface area contributed by atoms with Gasteiger partial charge in [0, 0.05) is 18.6 Å². The van der Waals surface area contributed by atoms with Crippen LogP contribution in [0.2, 0.25) is 0 Å². The van der Waals surface area contributed by atoms with Crippen molar-refractivity contribution >= 4 is 5.97 Å². The van der Waals surface area contributed by atoms with Gasteiger partial charge in [-0.2, -0.15) is 0 Å². The van der Waals surface area contributed by atoms with Crippen LogP contribution >= 0.6 is 0 Å². The molecule has 0 bridgehead atoms. The Labute approximate surface area is 90.8 Å². The number of carbonyl (C=O) groups is 1. The SMILES string of the molecule is O=C(O)Cc1cn(Cc2ncccn2)nn1. The molecule has 2 heterocycles. The molecule has 2 aromatic rings. The maximum Gasteiger partial charge on any atom is 0.309 e. The third-order valence-electron chi connectivity index (χ3n) is 1.84. The Morgan fingerprint density at radius 1 is 1.38 bits per heavy atom. The number of rotatable bonds is 4. The summed E-state index contributed by atoms with van der Waals surface area (Å²) < 4.78 is 1.51. The Morgan fingerprint density at radius 2 is 2.12 bits per heavy atom. The minimum Gasteiger partial charge on any atom is -0.481 e. The van der Waals surface area contributed by atoms with E-state index in [0.717, 1.165) is 0 Å². The molecule has 7 nitrogen and oxygen atoms in total. The van der Waals surface area contributed by atoms with Crippen LogP contribution in [-0.4, -0.2) is 36.0 Å². The van der Waals surface area contributed by atoms with Crippen molar-refractivity contribution in [3.63, 3.8) is 0 Å². The van der Waals surface area contributed by atoms with Crippen LogP contribution in [0, 0.1) is 0 Å². The maximum atomic E-state index is 10.4. The van der Waals surface area contributed by atoms with Gasteiger partial charge in [0.2, 0.25) is 0 Å². The van der Waals surface area contributed by atoms with E-state index in [1.807, 2.05) is 0 Å². The van der Waals surface area contributed by atoms with Gasteiger partial charge in [-0.25, -0.2) is 14.6 Å². The molecule has 0 radical (unpaired) electrons. The zero-order valence-corrected chi connectivity index (χ0v) is 8.32. The van der Waals surface area contributed by atoms with Crippen LogP contribution in [0.25, 0.3) is 0 Å². The predicted octanol–water partition coefficient (Wildman–Crippen LogP) is -0.256. The number of aromatic nitrogens is 5. The van der Waals surface area contributed by atoms with Crippen molar-refractivity contribution in [1.82, 2.24) is 25.0 Å². The molecule has 0 unspecified atom stereocenters. The van der Waals surface area contributed by atoms with Gasteiger partial charge in [0.05, 0.1) is 12.1 Å². The smallest absolute Gasteiger partial charge is 0.309 e. The summed E-state index contributed by atoms with van der Waals surface area (Å²) in [5, 5.41) is 16.1. The minimum atomic E-state index is -0.928. The fourth-order valence-corrected chi connectivity index (χ4v) is 1.21. The monoisotopic (exact) mass is 219 g/mol. The van der Waals surface area contributed by atoms with E-state index < -0.39 is 5.97 Å². The zero-order valence-electron chi connectivity index (χ0n) is 8.32. The Bertz CT molecular complexity index is 482. The zero-order chi connectivity index (χ0) is 11.4. The quantitative estimate of drug-likeness (QED) is 0.761. The van der Waals surface area contributed by atoms with Crippen LogP contribution in [0.1, 0.15) is 11.5 Å². The maximum absolute atomic E-state index is 10.4. The molecular weight excluding hydrogens is 210 g/mol. The van der Waals surface area contributed by atoms with E-state index in [1.165, 1.54) is 4.68 Å². The molecule has 82 valence electrons. The summed E-state index contributed by atoms with van der Waals surface area (Å²) >= 11 is 0. The first kappa shape index (κ1) is 10.2. The minimum absolute atomic E-state index is 0.129. The molecule has 1 N–H and O–H groups in total. The lowest BCUT2D eigenvalue weighted by molar-refractivity contribution is -0.136. The highest BCUT2D eigenvalue weighted by Gasteiger charge is 2.06. The van der Waals surface area contributed by atoms with Gasteiger partial charge in [-0.1, -0.05) is 5.21 Å². The lowest BCUT2D eigenvalue weighted by atomic mass is 10.3. The van der Waals surface area contributed by atoms with Crippen molar-refractivity contribution in [3.05, 3.63) is 36.2 Å². The van der Waals surface area contributed by atoms with Crippen LogP contribution in [0.3, 0.4) is 0 Å². The van der Waals surface area contributed by atoms with Crippen molar-refractivity contribution in [2.24, 2.45) is 0 Å². The molecule has 16 heavy (non-hydrogen) atoms. The highest BCUT2D eigenvalue weighted by molar-refractivity contribution is 5.69. The molecule has 0 atom stereocenters. The van der Waals surface area contributed by atoms with Crippen LogP contribution in [0.4, 0.5) is 0 Å². The first-order valence-corrected chi connectivity index (χ1v) is 4.61. The largest absolute Gasteiger partial charge is 0.481 e. The van der Waals surface area contributed by atoms with Gasteiger partial charge in [-0.05, 0) is 6.07 Å². The fraction of sp³-hybridized carbons (Fsp3) is 0.222. The predicted molar refractivity (Wildman–Crippen MR) is 52.5 cm³/mol. The summed E-state index contributed by atoms with van der Waals surface area (Å²) in [4.78, 5) is 18.5. The molecule has 0 amide bonds. The first-order chi connectivity index (χ1) is 7.74. The third-order valence-corrected chi connectivity index (χ3v) is 1.84. The van der Waals surface area contributed by atoms with Gasteiger partial charge < -0.3 is 5.11 Å². The third kappa shape index (κ3) is 2.59. The summed E-state index contributed by atoms with van der Waals surface area (Å²) in [6.45, 7) is 0.382. The Hall–Kier alpha value is -2.31. The van der Waals surface area contributed by atoms with Crippen molar-refractivity contribution in [2.75, 3.05) is 0 Å². The number of hydrogen-bond donors (Lipinski definition) is 1. The van der Waals surface area contributed by atoms with Gasteiger partial charge in [0.25, 0.3) is 0 Å². The molecule has 0 saturated heterocycles. The highest BCUT2D eigenvalue weighted by atomic mass is 16.4. The molecule has 0 aliphatic carbocycles. The number of aliphatic carboxylic acids is 1. The first-order valence-electron chi connectivity index (χ1n) is 4.61. The van der Waals surface area contributed by atoms with Gasteiger partial charge in [-0.3, -0.25) is 4.79 Å². The van der Waals surface area contributed by atoms with Gasteiger partial charge in [0.1, 0.15) is 12.4 Å². The Kier molecular flexibility index (Phi) is 2.86. The van der Waals surface area contributed by atoms with E-state index in [2.05, 4.69) is 20.3 Å². The Morgan fingerprint density at radius 3 is 2.81 bits per heavy atom. The van der Waals surface area contributed by atoms with Gasteiger partial charge in [0.15, 0.2) is 0 Å². The average molecular weight is 219 g/mol. The van der Waals surface area contributed by atoms with Gasteiger partial charge in [-0.15, -0.1) is 5.10 Å². The van der Waals surface area contributed by atoms with Crippen LogP contribution < -0.4 is 0 Å². The molecule has 0 aliphatic heterocycles. The second-order valence-electron chi connectivity index (χ2n) is 3.14. The highest BCUT2D eigenvalue weighted by Crippen LogP contribution is 1.97. The summed E-state index contributed by atoms with van der Waals surface area (Å²) in [6, 6.07) is 1.72. The summed E-state index contributed by atoms with van der Waals surface area (Å²) in [5.41, 5.74) is 0.420. The molecule has 2 rings (SSSR count). The molecule has 0 spiro atoms. The Balaban J connectivity index is 2.06. The van der Waals surface area contributed by atoms with E-state index in [0.29, 0.717) is 18.1 Å². The van der Waals surface area contributed by atoms with Crippen LogP contribution in [0.5, 0.6) is 0 Å². The van der Waals surface area contributed by atoms with Crippen molar-refractivity contribution < 1.29 is 9.90 Å². The topological polar surface area (TPSA) is 93.8 Å². The lowest BCUT2D eigenvalue weighted by Gasteiger charge is -1.96. The van der Waals surface area contributed by atoms with Crippen molar-refractivity contribution in [1.29, 1.82) is 0 Å². The second kappa shape index (κ2) is 4.47. The van der Waals surface area contributed by atoms with E-state index >= 15 is 0 Å². The average Bonchev–Trinajstić information content (AvgIpc) is 2.66. The molecule has 7 heteroatoms. The molecule has 0 fully saturated rings. The standard InChI is InChI=1S/C9H9N5O2/c15-9(16)4-7-5-14(13-12-7)6-8-10-2-1-3-11-8/h1-3,5H,4,6H2,(H,15,16). The lowest BCUT2D eigenvalue weighted by Crippen LogP contribution is -2.04. The van der Waals surface area contributed by atoms with E-state index in [9.17, 15) is 4.79 Å². The number of carboxylic acid groups (broad SMARTS) is 1. The molecule has 0 aliphatic rings. The number of carboxylic acids is 1. The number of hydrogen-bond acceptors (Lipinski definition) is 5. The van der Waals surface area contributed by atoms with Crippen LogP contribution in [0.15, 0.2) is 24.7 Å². The fourth-order valence-electron chi connectivity index (χ4n) is 1.21. The molecule has 0 aromatic carbocycles. The van der Waals surface area contributed by atoms with Crippen molar-refractivity contribution in [3.8, 4) is 0 Å². The summed E-state index contributed by atoms with van der Waals surface area (Å²) in [5.74, 6) is -0.322. The van der Waals surface area contributed by atoms with E-state index in [1.54, 1.807) is 24.7 Å². The second-order valence-corrected chi connectivity index (χ2v) is 3.14.